The molecule has 1 N–H and O–H groups in total. The van der Waals surface area contributed by atoms with Crippen LogP contribution < -0.4 is 5.32 Å². The van der Waals surface area contributed by atoms with Crippen molar-refractivity contribution in [3.05, 3.63) is 70.5 Å². The second kappa shape index (κ2) is 8.85. The van der Waals surface area contributed by atoms with E-state index in [9.17, 15) is 9.18 Å². The highest BCUT2D eigenvalue weighted by atomic mass is 35.5. The van der Waals surface area contributed by atoms with E-state index in [4.69, 9.17) is 11.6 Å². The van der Waals surface area contributed by atoms with E-state index < -0.39 is 0 Å². The first kappa shape index (κ1) is 19.8. The van der Waals surface area contributed by atoms with Gasteiger partial charge in [-0.05, 0) is 75.5 Å². The summed E-state index contributed by atoms with van der Waals surface area (Å²) in [5.74, 6) is 0.174. The Kier molecular flexibility index (Phi) is 6.51. The normalized spacial score (nSPS) is 21.1. The van der Waals surface area contributed by atoms with E-state index >= 15 is 0 Å². The fourth-order valence-electron chi connectivity index (χ4n) is 4.14. The smallest absolute Gasteiger partial charge is 0.253 e. The molecule has 27 heavy (non-hydrogen) atoms. The molecule has 0 saturated heterocycles. The second-order valence-corrected chi connectivity index (χ2v) is 7.93. The molecule has 1 unspecified atom stereocenters. The molecule has 1 atom stereocenters. The SMILES string of the molecule is CN(C)C(c1ccc(F)cc1)C1CCC(NC(=O)c2ccccc2Cl)CC1. The summed E-state index contributed by atoms with van der Waals surface area (Å²) in [5.41, 5.74) is 1.67. The maximum absolute atomic E-state index is 13.3. The number of hydrogen-bond acceptors (Lipinski definition) is 2. The largest absolute Gasteiger partial charge is 0.349 e. The Balaban J connectivity index is 1.61. The van der Waals surface area contributed by atoms with Crippen molar-refractivity contribution >= 4 is 17.5 Å². The maximum Gasteiger partial charge on any atom is 0.253 e. The average molecular weight is 389 g/mol. The standard InChI is InChI=1S/C22H26ClFN2O/c1-26(2)21(15-7-11-17(24)12-8-15)16-9-13-18(14-10-16)25-22(27)19-5-3-4-6-20(19)23/h3-8,11-12,16,18,21H,9-10,13-14H2,1-2H3,(H,25,27). The van der Waals surface area contributed by atoms with Gasteiger partial charge >= 0.3 is 0 Å². The molecule has 0 heterocycles. The molecule has 0 aliphatic heterocycles. The quantitative estimate of drug-likeness (QED) is 0.775. The summed E-state index contributed by atoms with van der Waals surface area (Å²) in [7, 11) is 4.14. The van der Waals surface area contributed by atoms with Crippen LogP contribution in [-0.2, 0) is 0 Å². The molecule has 3 nitrogen and oxygen atoms in total. The van der Waals surface area contributed by atoms with E-state index in [-0.39, 0.29) is 23.8 Å². The summed E-state index contributed by atoms with van der Waals surface area (Å²) in [6, 6.07) is 14.4. The van der Waals surface area contributed by atoms with Crippen LogP contribution in [0, 0.1) is 11.7 Å². The van der Waals surface area contributed by atoms with Gasteiger partial charge in [-0.1, -0.05) is 35.9 Å². The summed E-state index contributed by atoms with van der Waals surface area (Å²) in [4.78, 5) is 14.7. The molecule has 0 spiro atoms. The van der Waals surface area contributed by atoms with Gasteiger partial charge in [-0.15, -0.1) is 0 Å². The molecule has 2 aromatic carbocycles. The minimum atomic E-state index is -0.206. The molecule has 1 fully saturated rings. The molecule has 1 aliphatic rings. The van der Waals surface area contributed by atoms with Gasteiger partial charge in [-0.25, -0.2) is 4.39 Å². The van der Waals surface area contributed by atoms with Gasteiger partial charge in [0, 0.05) is 12.1 Å². The van der Waals surface area contributed by atoms with Crippen LogP contribution in [0.15, 0.2) is 48.5 Å². The van der Waals surface area contributed by atoms with Crippen LogP contribution >= 0.6 is 11.6 Å². The number of nitrogens with one attached hydrogen (secondary N) is 1. The summed E-state index contributed by atoms with van der Waals surface area (Å²) < 4.78 is 13.3. The zero-order valence-corrected chi connectivity index (χ0v) is 16.5. The number of nitrogens with zero attached hydrogens (tertiary/aromatic N) is 1. The molecule has 1 aliphatic carbocycles. The number of rotatable bonds is 5. The third-order valence-corrected chi connectivity index (χ3v) is 5.77. The Labute approximate surface area is 165 Å². The molecule has 2 aromatic rings. The number of halogens is 2. The van der Waals surface area contributed by atoms with Crippen molar-refractivity contribution < 1.29 is 9.18 Å². The zero-order chi connectivity index (χ0) is 19.4. The monoisotopic (exact) mass is 388 g/mol. The van der Waals surface area contributed by atoms with Gasteiger partial charge in [-0.2, -0.15) is 0 Å². The fourth-order valence-corrected chi connectivity index (χ4v) is 4.36. The molecule has 0 aromatic heterocycles. The molecule has 5 heteroatoms. The fraction of sp³-hybridized carbons (Fsp3) is 0.409. The molecule has 1 saturated carbocycles. The summed E-state index contributed by atoms with van der Waals surface area (Å²) in [6.45, 7) is 0. The van der Waals surface area contributed by atoms with E-state index in [0.717, 1.165) is 31.2 Å². The molecule has 0 bridgehead atoms. The van der Waals surface area contributed by atoms with E-state index in [2.05, 4.69) is 24.3 Å². The summed E-state index contributed by atoms with van der Waals surface area (Å²) in [5, 5.41) is 3.60. The zero-order valence-electron chi connectivity index (χ0n) is 15.8. The first-order valence-corrected chi connectivity index (χ1v) is 9.81. The Morgan fingerprint density at radius 1 is 1.07 bits per heavy atom. The lowest BCUT2D eigenvalue weighted by molar-refractivity contribution is 0.0907. The second-order valence-electron chi connectivity index (χ2n) is 7.53. The van der Waals surface area contributed by atoms with Crippen LogP contribution in [0.5, 0.6) is 0 Å². The predicted octanol–water partition coefficient (Wildman–Crippen LogP) is 5.07. The third kappa shape index (κ3) is 4.88. The van der Waals surface area contributed by atoms with Crippen molar-refractivity contribution in [3.63, 3.8) is 0 Å². The first-order valence-electron chi connectivity index (χ1n) is 9.43. The lowest BCUT2D eigenvalue weighted by Gasteiger charge is -2.37. The Hall–Kier alpha value is -1.91. The highest BCUT2D eigenvalue weighted by molar-refractivity contribution is 6.33. The van der Waals surface area contributed by atoms with Crippen molar-refractivity contribution in [2.24, 2.45) is 5.92 Å². The van der Waals surface area contributed by atoms with Crippen LogP contribution in [0.4, 0.5) is 4.39 Å². The minimum Gasteiger partial charge on any atom is -0.349 e. The minimum absolute atomic E-state index is 0.105. The third-order valence-electron chi connectivity index (χ3n) is 5.44. The van der Waals surface area contributed by atoms with Crippen LogP contribution in [0.25, 0.3) is 0 Å². The van der Waals surface area contributed by atoms with Gasteiger partial charge < -0.3 is 10.2 Å². The highest BCUT2D eigenvalue weighted by Crippen LogP contribution is 2.37. The van der Waals surface area contributed by atoms with Crippen molar-refractivity contribution in [1.82, 2.24) is 10.2 Å². The van der Waals surface area contributed by atoms with Gasteiger partial charge in [-0.3, -0.25) is 4.79 Å². The van der Waals surface area contributed by atoms with E-state index in [0.29, 0.717) is 16.5 Å². The Bertz CT molecular complexity index is 770. The Morgan fingerprint density at radius 3 is 2.30 bits per heavy atom. The topological polar surface area (TPSA) is 32.3 Å². The first-order chi connectivity index (χ1) is 13.0. The van der Waals surface area contributed by atoms with Crippen LogP contribution in [0.2, 0.25) is 5.02 Å². The van der Waals surface area contributed by atoms with Gasteiger partial charge in [0.15, 0.2) is 0 Å². The Morgan fingerprint density at radius 2 is 1.70 bits per heavy atom. The highest BCUT2D eigenvalue weighted by Gasteiger charge is 2.30. The van der Waals surface area contributed by atoms with Crippen LogP contribution in [-0.4, -0.2) is 30.9 Å². The number of hydrogen-bond donors (Lipinski definition) is 1. The number of benzene rings is 2. The lowest BCUT2D eigenvalue weighted by Crippen LogP contribution is -2.40. The predicted molar refractivity (Wildman–Crippen MR) is 107 cm³/mol. The molecule has 144 valence electrons. The van der Waals surface area contributed by atoms with Crippen LogP contribution in [0.1, 0.15) is 47.6 Å². The molecular formula is C22H26ClFN2O. The van der Waals surface area contributed by atoms with E-state index in [1.807, 2.05) is 24.3 Å². The summed E-state index contributed by atoms with van der Waals surface area (Å²) in [6.07, 6.45) is 3.92. The van der Waals surface area contributed by atoms with Gasteiger partial charge in [0.25, 0.3) is 5.91 Å². The number of carbonyl (C=O) groups excluding carboxylic acids is 1. The maximum atomic E-state index is 13.3. The molecule has 0 radical (unpaired) electrons. The van der Waals surface area contributed by atoms with Crippen molar-refractivity contribution in [2.45, 2.75) is 37.8 Å². The van der Waals surface area contributed by atoms with E-state index in [1.54, 1.807) is 12.1 Å². The van der Waals surface area contributed by atoms with Gasteiger partial charge in [0.05, 0.1) is 10.6 Å². The van der Waals surface area contributed by atoms with Gasteiger partial charge in [0.2, 0.25) is 0 Å². The number of amides is 1. The summed E-state index contributed by atoms with van der Waals surface area (Å²) >= 11 is 6.12. The van der Waals surface area contributed by atoms with Gasteiger partial charge in [0.1, 0.15) is 5.82 Å². The molecule has 3 rings (SSSR count). The average Bonchev–Trinajstić information content (AvgIpc) is 2.65. The van der Waals surface area contributed by atoms with E-state index in [1.165, 1.54) is 12.1 Å². The lowest BCUT2D eigenvalue weighted by atomic mass is 9.78. The molecular weight excluding hydrogens is 363 g/mol. The molecule has 1 amide bonds. The van der Waals surface area contributed by atoms with Crippen molar-refractivity contribution in [2.75, 3.05) is 14.1 Å². The number of carbonyl (C=O) groups is 1. The van der Waals surface area contributed by atoms with Crippen molar-refractivity contribution in [3.8, 4) is 0 Å². The van der Waals surface area contributed by atoms with Crippen LogP contribution in [0.3, 0.4) is 0 Å². The van der Waals surface area contributed by atoms with Crippen molar-refractivity contribution in [1.29, 1.82) is 0 Å².